The number of benzene rings is 1. The van der Waals surface area contributed by atoms with Gasteiger partial charge in [0.05, 0.1) is 12.1 Å². The Morgan fingerprint density at radius 1 is 1.33 bits per heavy atom. The Morgan fingerprint density at radius 2 is 2.21 bits per heavy atom. The number of allylic oxidation sites excluding steroid dienone is 1. The smallest absolute Gasteiger partial charge is 0.252 e. The van der Waals surface area contributed by atoms with Gasteiger partial charge in [0.1, 0.15) is 0 Å². The van der Waals surface area contributed by atoms with Crippen molar-refractivity contribution in [1.82, 2.24) is 10.3 Å². The van der Waals surface area contributed by atoms with Gasteiger partial charge in [-0.25, -0.2) is 0 Å². The van der Waals surface area contributed by atoms with Crippen molar-refractivity contribution in [3.8, 4) is 0 Å². The third kappa shape index (κ3) is 3.65. The Balaban J connectivity index is 1.69. The molecule has 0 radical (unpaired) electrons. The maximum atomic E-state index is 12.7. The van der Waals surface area contributed by atoms with E-state index in [9.17, 15) is 4.79 Å². The van der Waals surface area contributed by atoms with Crippen LogP contribution in [0.2, 0.25) is 0 Å². The van der Waals surface area contributed by atoms with Crippen molar-refractivity contribution in [2.45, 2.75) is 25.8 Å². The molecule has 1 heterocycles. The number of fused-ring (bicyclic) bond motifs is 1. The highest BCUT2D eigenvalue weighted by molar-refractivity contribution is 6.06. The molecule has 1 N–H and O–H groups in total. The largest absolute Gasteiger partial charge is 0.381 e. The molecule has 2 aromatic rings. The van der Waals surface area contributed by atoms with Crippen molar-refractivity contribution in [2.75, 3.05) is 13.7 Å². The van der Waals surface area contributed by atoms with Gasteiger partial charge in [-0.15, -0.1) is 0 Å². The lowest BCUT2D eigenvalue weighted by Crippen LogP contribution is -2.33. The SMILES string of the molecule is COC/C=C/[C@H]1C[C@@H](NC(=O)c2cccc3ncccc23)CC1C. The number of ether oxygens (including phenoxy) is 1. The van der Waals surface area contributed by atoms with Crippen LogP contribution in [0.5, 0.6) is 0 Å². The van der Waals surface area contributed by atoms with Crippen molar-refractivity contribution in [3.63, 3.8) is 0 Å². The van der Waals surface area contributed by atoms with Crippen LogP contribution in [0, 0.1) is 11.8 Å². The first-order valence-electron chi connectivity index (χ1n) is 8.49. The van der Waals surface area contributed by atoms with Crippen LogP contribution >= 0.6 is 0 Å². The highest BCUT2D eigenvalue weighted by Crippen LogP contribution is 2.33. The molecule has 3 rings (SSSR count). The zero-order chi connectivity index (χ0) is 16.9. The third-order valence-corrected chi connectivity index (χ3v) is 4.82. The van der Waals surface area contributed by atoms with E-state index in [1.165, 1.54) is 0 Å². The predicted octanol–water partition coefficient (Wildman–Crippen LogP) is 3.58. The molecule has 4 heteroatoms. The van der Waals surface area contributed by atoms with Crippen LogP contribution in [0.4, 0.5) is 0 Å². The maximum absolute atomic E-state index is 12.7. The molecule has 1 aliphatic rings. The molecule has 0 bridgehead atoms. The Labute approximate surface area is 142 Å². The number of hydrogen-bond acceptors (Lipinski definition) is 3. The van der Waals surface area contributed by atoms with Gasteiger partial charge < -0.3 is 10.1 Å². The Bertz CT molecular complexity index is 736. The second-order valence-electron chi connectivity index (χ2n) is 6.54. The molecule has 0 spiro atoms. The summed E-state index contributed by atoms with van der Waals surface area (Å²) < 4.78 is 5.06. The summed E-state index contributed by atoms with van der Waals surface area (Å²) in [6, 6.07) is 9.72. The van der Waals surface area contributed by atoms with Crippen molar-refractivity contribution in [2.24, 2.45) is 11.8 Å². The van der Waals surface area contributed by atoms with Crippen LogP contribution in [-0.4, -0.2) is 30.6 Å². The predicted molar refractivity (Wildman–Crippen MR) is 95.9 cm³/mol. The molecule has 0 saturated heterocycles. The van der Waals surface area contributed by atoms with Crippen LogP contribution in [0.3, 0.4) is 0 Å². The number of rotatable bonds is 5. The summed E-state index contributed by atoms with van der Waals surface area (Å²) in [5.74, 6) is 1.06. The minimum absolute atomic E-state index is 0.00711. The molecular weight excluding hydrogens is 300 g/mol. The van der Waals surface area contributed by atoms with Gasteiger partial charge in [-0.3, -0.25) is 9.78 Å². The van der Waals surface area contributed by atoms with Crippen LogP contribution < -0.4 is 5.32 Å². The molecule has 24 heavy (non-hydrogen) atoms. The van der Waals surface area contributed by atoms with E-state index in [1.807, 2.05) is 30.3 Å². The summed E-state index contributed by atoms with van der Waals surface area (Å²) in [5.41, 5.74) is 1.55. The first-order valence-corrected chi connectivity index (χ1v) is 8.49. The monoisotopic (exact) mass is 324 g/mol. The summed E-state index contributed by atoms with van der Waals surface area (Å²) in [4.78, 5) is 17.0. The first-order chi connectivity index (χ1) is 11.7. The molecule has 126 valence electrons. The fourth-order valence-electron chi connectivity index (χ4n) is 3.56. The van der Waals surface area contributed by atoms with Crippen LogP contribution in [0.25, 0.3) is 10.9 Å². The molecule has 1 amide bonds. The average molecular weight is 324 g/mol. The molecule has 1 unspecified atom stereocenters. The number of carbonyl (C=O) groups excluding carboxylic acids is 1. The topological polar surface area (TPSA) is 51.2 Å². The molecule has 4 nitrogen and oxygen atoms in total. The van der Waals surface area contributed by atoms with Gasteiger partial charge in [0.25, 0.3) is 5.91 Å². The third-order valence-electron chi connectivity index (χ3n) is 4.82. The fraction of sp³-hybridized carbons (Fsp3) is 0.400. The molecule has 1 saturated carbocycles. The molecule has 3 atom stereocenters. The second kappa shape index (κ2) is 7.58. The molecular formula is C20H24N2O2. The van der Waals surface area contributed by atoms with E-state index in [4.69, 9.17) is 4.74 Å². The van der Waals surface area contributed by atoms with Crippen LogP contribution in [0.15, 0.2) is 48.7 Å². The summed E-state index contributed by atoms with van der Waals surface area (Å²) in [5, 5.41) is 4.11. The molecule has 1 aromatic heterocycles. The number of pyridine rings is 1. The highest BCUT2D eigenvalue weighted by atomic mass is 16.5. The van der Waals surface area contributed by atoms with Crippen LogP contribution in [-0.2, 0) is 4.74 Å². The van der Waals surface area contributed by atoms with Gasteiger partial charge in [-0.2, -0.15) is 0 Å². The number of nitrogens with zero attached hydrogens (tertiary/aromatic N) is 1. The standard InChI is InChI=1S/C20H24N2O2/c1-14-12-16(13-15(14)6-5-11-24-2)22-20(23)18-7-3-9-19-17(18)8-4-10-21-19/h3-10,14-16H,11-13H2,1-2H3,(H,22,23)/b6-5+/t14?,15-,16-/m0/s1. The lowest BCUT2D eigenvalue weighted by molar-refractivity contribution is 0.0938. The lowest BCUT2D eigenvalue weighted by atomic mass is 9.98. The zero-order valence-electron chi connectivity index (χ0n) is 14.2. The van der Waals surface area contributed by atoms with Gasteiger partial charge >= 0.3 is 0 Å². The van der Waals surface area contributed by atoms with Crippen molar-refractivity contribution < 1.29 is 9.53 Å². The summed E-state index contributed by atoms with van der Waals surface area (Å²) in [7, 11) is 1.70. The number of aromatic nitrogens is 1. The van der Waals surface area contributed by atoms with Crippen molar-refractivity contribution in [3.05, 3.63) is 54.2 Å². The number of methoxy groups -OCH3 is 1. The maximum Gasteiger partial charge on any atom is 0.252 e. The minimum Gasteiger partial charge on any atom is -0.381 e. The van der Waals surface area contributed by atoms with Gasteiger partial charge in [0.15, 0.2) is 0 Å². The lowest BCUT2D eigenvalue weighted by Gasteiger charge is -2.13. The first kappa shape index (κ1) is 16.7. The van der Waals surface area contributed by atoms with E-state index >= 15 is 0 Å². The Hall–Kier alpha value is -2.20. The number of nitrogens with one attached hydrogen (secondary N) is 1. The number of hydrogen-bond donors (Lipinski definition) is 1. The van der Waals surface area contributed by atoms with E-state index in [-0.39, 0.29) is 11.9 Å². The Kier molecular flexibility index (Phi) is 5.26. The van der Waals surface area contributed by atoms with E-state index < -0.39 is 0 Å². The molecule has 1 aromatic carbocycles. The Morgan fingerprint density at radius 3 is 3.04 bits per heavy atom. The van der Waals surface area contributed by atoms with Gasteiger partial charge in [0.2, 0.25) is 0 Å². The summed E-state index contributed by atoms with van der Waals surface area (Å²) >= 11 is 0. The van der Waals surface area contributed by atoms with Crippen molar-refractivity contribution >= 4 is 16.8 Å². The normalized spacial score (nSPS) is 23.8. The summed E-state index contributed by atoms with van der Waals surface area (Å²) in [6.07, 6.45) is 8.04. The van der Waals surface area contributed by atoms with E-state index in [1.54, 1.807) is 13.3 Å². The fourth-order valence-corrected chi connectivity index (χ4v) is 3.56. The van der Waals surface area contributed by atoms with E-state index in [0.717, 1.165) is 23.7 Å². The number of amides is 1. The highest BCUT2D eigenvalue weighted by Gasteiger charge is 2.30. The molecule has 1 aliphatic carbocycles. The van der Waals surface area contributed by atoms with E-state index in [0.29, 0.717) is 24.0 Å². The van der Waals surface area contributed by atoms with E-state index in [2.05, 4.69) is 29.4 Å². The second-order valence-corrected chi connectivity index (χ2v) is 6.54. The quantitative estimate of drug-likeness (QED) is 0.855. The van der Waals surface area contributed by atoms with Gasteiger partial charge in [-0.1, -0.05) is 31.2 Å². The zero-order valence-corrected chi connectivity index (χ0v) is 14.2. The van der Waals surface area contributed by atoms with Crippen molar-refractivity contribution in [1.29, 1.82) is 0 Å². The minimum atomic E-state index is -0.00711. The van der Waals surface area contributed by atoms with Gasteiger partial charge in [0, 0.05) is 30.3 Å². The van der Waals surface area contributed by atoms with Gasteiger partial charge in [-0.05, 0) is 42.9 Å². The summed E-state index contributed by atoms with van der Waals surface area (Å²) in [6.45, 7) is 2.89. The van der Waals surface area contributed by atoms with Crippen LogP contribution in [0.1, 0.15) is 30.1 Å². The molecule has 1 fully saturated rings. The number of carbonyl (C=O) groups is 1. The average Bonchev–Trinajstić information content (AvgIpc) is 2.94. The molecule has 0 aliphatic heterocycles.